The van der Waals surface area contributed by atoms with Crippen LogP contribution in [0, 0.1) is 12.8 Å². The van der Waals surface area contributed by atoms with Crippen molar-refractivity contribution in [2.24, 2.45) is 5.92 Å². The average Bonchev–Trinajstić information content (AvgIpc) is 2.47. The van der Waals surface area contributed by atoms with Crippen LogP contribution in [-0.2, 0) is 6.42 Å². The predicted molar refractivity (Wildman–Crippen MR) is 93.7 cm³/mol. The predicted octanol–water partition coefficient (Wildman–Crippen LogP) is 4.16. The molecule has 2 N–H and O–H groups in total. The first-order valence-electron chi connectivity index (χ1n) is 7.61. The van der Waals surface area contributed by atoms with E-state index in [4.69, 9.17) is 11.6 Å². The number of halogens is 1. The van der Waals surface area contributed by atoms with Crippen molar-refractivity contribution in [2.45, 2.75) is 27.2 Å². The number of nitrogens with one attached hydrogen (secondary N) is 2. The molecule has 1 aromatic carbocycles. The Balaban J connectivity index is 1.90. The second-order valence-electron chi connectivity index (χ2n) is 5.80. The van der Waals surface area contributed by atoms with Gasteiger partial charge in [-0.3, -0.25) is 0 Å². The Labute approximate surface area is 137 Å². The van der Waals surface area contributed by atoms with E-state index in [0.29, 0.717) is 11.9 Å². The molecule has 0 fully saturated rings. The van der Waals surface area contributed by atoms with Gasteiger partial charge in [-0.25, -0.2) is 4.98 Å². The lowest BCUT2D eigenvalue weighted by molar-refractivity contribution is 0.684. The Hall–Kier alpha value is -1.81. The van der Waals surface area contributed by atoms with E-state index in [1.165, 1.54) is 5.56 Å². The molecule has 0 amide bonds. The van der Waals surface area contributed by atoms with Crippen LogP contribution in [0.5, 0.6) is 0 Å². The van der Waals surface area contributed by atoms with Gasteiger partial charge in [0.15, 0.2) is 0 Å². The maximum Gasteiger partial charge on any atom is 0.224 e. The van der Waals surface area contributed by atoms with Crippen molar-refractivity contribution in [2.75, 3.05) is 23.7 Å². The summed E-state index contributed by atoms with van der Waals surface area (Å²) in [5.41, 5.74) is 2.20. The summed E-state index contributed by atoms with van der Waals surface area (Å²) in [6.45, 7) is 7.99. The van der Waals surface area contributed by atoms with E-state index in [2.05, 4.69) is 34.4 Å². The Bertz CT molecular complexity index is 596. The fraction of sp³-hybridized carbons (Fsp3) is 0.412. The summed E-state index contributed by atoms with van der Waals surface area (Å²) in [7, 11) is 0. The van der Waals surface area contributed by atoms with Crippen molar-refractivity contribution in [3.63, 3.8) is 0 Å². The molecule has 118 valence electrons. The minimum Gasteiger partial charge on any atom is -0.370 e. The molecule has 0 saturated carbocycles. The van der Waals surface area contributed by atoms with E-state index in [9.17, 15) is 0 Å². The summed E-state index contributed by atoms with van der Waals surface area (Å²) in [6, 6.07) is 9.89. The summed E-state index contributed by atoms with van der Waals surface area (Å²) >= 11 is 5.89. The molecule has 2 aromatic rings. The molecule has 0 spiro atoms. The van der Waals surface area contributed by atoms with Crippen LogP contribution in [0.3, 0.4) is 0 Å². The van der Waals surface area contributed by atoms with Gasteiger partial charge in [-0.05, 0) is 37.0 Å². The molecule has 5 heteroatoms. The van der Waals surface area contributed by atoms with E-state index in [1.807, 2.05) is 37.3 Å². The molecule has 2 rings (SSSR count). The molecule has 0 radical (unpaired) electrons. The summed E-state index contributed by atoms with van der Waals surface area (Å²) < 4.78 is 0. The van der Waals surface area contributed by atoms with Crippen molar-refractivity contribution < 1.29 is 0 Å². The van der Waals surface area contributed by atoms with Gasteiger partial charge in [0.1, 0.15) is 5.82 Å². The number of nitrogens with zero attached hydrogens (tertiary/aromatic N) is 2. The molecule has 1 aromatic heterocycles. The molecule has 0 aliphatic carbocycles. The normalized spacial score (nSPS) is 10.8. The van der Waals surface area contributed by atoms with Crippen molar-refractivity contribution >= 4 is 23.4 Å². The van der Waals surface area contributed by atoms with Crippen LogP contribution in [0.15, 0.2) is 30.3 Å². The highest BCUT2D eigenvalue weighted by molar-refractivity contribution is 6.30. The molecule has 0 atom stereocenters. The summed E-state index contributed by atoms with van der Waals surface area (Å²) in [4.78, 5) is 8.90. The van der Waals surface area contributed by atoms with Gasteiger partial charge in [0.2, 0.25) is 5.95 Å². The number of aromatic nitrogens is 2. The number of anilines is 2. The minimum absolute atomic E-state index is 0.561. The SMILES string of the molecule is Cc1cc(NCCc2ccc(Cl)cc2)nc(NCC(C)C)n1. The maximum absolute atomic E-state index is 5.89. The van der Waals surface area contributed by atoms with Crippen LogP contribution in [0.2, 0.25) is 5.02 Å². The monoisotopic (exact) mass is 318 g/mol. The molecular weight excluding hydrogens is 296 g/mol. The van der Waals surface area contributed by atoms with Gasteiger partial charge in [-0.2, -0.15) is 4.98 Å². The summed E-state index contributed by atoms with van der Waals surface area (Å²) in [5, 5.41) is 7.38. The van der Waals surface area contributed by atoms with Gasteiger partial charge in [-0.1, -0.05) is 37.6 Å². The number of hydrogen-bond acceptors (Lipinski definition) is 4. The quantitative estimate of drug-likeness (QED) is 0.804. The number of aryl methyl sites for hydroxylation is 1. The molecule has 0 aliphatic heterocycles. The minimum atomic E-state index is 0.561. The third-order valence-corrected chi connectivity index (χ3v) is 3.41. The Morgan fingerprint density at radius 1 is 1.09 bits per heavy atom. The second kappa shape index (κ2) is 7.99. The topological polar surface area (TPSA) is 49.8 Å². The van der Waals surface area contributed by atoms with Gasteiger partial charge in [-0.15, -0.1) is 0 Å². The highest BCUT2D eigenvalue weighted by Crippen LogP contribution is 2.12. The van der Waals surface area contributed by atoms with Crippen LogP contribution >= 0.6 is 11.6 Å². The summed E-state index contributed by atoms with van der Waals surface area (Å²) in [5.74, 6) is 2.10. The number of hydrogen-bond donors (Lipinski definition) is 2. The van der Waals surface area contributed by atoms with Crippen LogP contribution in [-0.4, -0.2) is 23.1 Å². The van der Waals surface area contributed by atoms with Crippen LogP contribution < -0.4 is 10.6 Å². The van der Waals surface area contributed by atoms with Crippen LogP contribution in [0.4, 0.5) is 11.8 Å². The first-order valence-corrected chi connectivity index (χ1v) is 7.98. The molecule has 0 aliphatic rings. The van der Waals surface area contributed by atoms with E-state index >= 15 is 0 Å². The highest BCUT2D eigenvalue weighted by atomic mass is 35.5. The van der Waals surface area contributed by atoms with Gasteiger partial charge in [0, 0.05) is 29.9 Å². The van der Waals surface area contributed by atoms with Crippen molar-refractivity contribution in [3.8, 4) is 0 Å². The lowest BCUT2D eigenvalue weighted by Gasteiger charge is -2.11. The van der Waals surface area contributed by atoms with Gasteiger partial charge in [0.05, 0.1) is 0 Å². The Morgan fingerprint density at radius 2 is 1.82 bits per heavy atom. The van der Waals surface area contributed by atoms with E-state index in [1.54, 1.807) is 0 Å². The molecule has 0 bridgehead atoms. The average molecular weight is 319 g/mol. The molecule has 4 nitrogen and oxygen atoms in total. The van der Waals surface area contributed by atoms with E-state index < -0.39 is 0 Å². The largest absolute Gasteiger partial charge is 0.370 e. The lowest BCUT2D eigenvalue weighted by Crippen LogP contribution is -2.13. The van der Waals surface area contributed by atoms with E-state index in [-0.39, 0.29) is 0 Å². The first kappa shape index (κ1) is 16.6. The van der Waals surface area contributed by atoms with Crippen LogP contribution in [0.25, 0.3) is 0 Å². The van der Waals surface area contributed by atoms with Crippen LogP contribution in [0.1, 0.15) is 25.1 Å². The smallest absolute Gasteiger partial charge is 0.224 e. The maximum atomic E-state index is 5.89. The fourth-order valence-corrected chi connectivity index (χ4v) is 2.15. The molecule has 1 heterocycles. The molecule has 22 heavy (non-hydrogen) atoms. The third kappa shape index (κ3) is 5.53. The Kier molecular flexibility index (Phi) is 6.01. The number of benzene rings is 1. The van der Waals surface area contributed by atoms with Crippen molar-refractivity contribution in [3.05, 3.63) is 46.6 Å². The zero-order valence-electron chi connectivity index (χ0n) is 13.4. The zero-order chi connectivity index (χ0) is 15.9. The van der Waals surface area contributed by atoms with E-state index in [0.717, 1.165) is 36.0 Å². The fourth-order valence-electron chi connectivity index (χ4n) is 2.02. The van der Waals surface area contributed by atoms with Gasteiger partial charge in [0.25, 0.3) is 0 Å². The van der Waals surface area contributed by atoms with Crippen molar-refractivity contribution in [1.29, 1.82) is 0 Å². The molecule has 0 unspecified atom stereocenters. The zero-order valence-corrected chi connectivity index (χ0v) is 14.1. The van der Waals surface area contributed by atoms with Crippen molar-refractivity contribution in [1.82, 2.24) is 9.97 Å². The standard InChI is InChI=1S/C17H23ClN4/c1-12(2)11-20-17-21-13(3)10-16(22-17)19-9-8-14-4-6-15(18)7-5-14/h4-7,10,12H,8-9,11H2,1-3H3,(H2,19,20,21,22). The third-order valence-electron chi connectivity index (χ3n) is 3.16. The lowest BCUT2D eigenvalue weighted by atomic mass is 10.1. The highest BCUT2D eigenvalue weighted by Gasteiger charge is 2.03. The summed E-state index contributed by atoms with van der Waals surface area (Å²) in [6.07, 6.45) is 0.926. The van der Waals surface area contributed by atoms with Gasteiger partial charge >= 0.3 is 0 Å². The second-order valence-corrected chi connectivity index (χ2v) is 6.23. The number of rotatable bonds is 7. The first-order chi connectivity index (χ1) is 10.5. The Morgan fingerprint density at radius 3 is 2.50 bits per heavy atom. The molecular formula is C17H23ClN4. The van der Waals surface area contributed by atoms with Gasteiger partial charge < -0.3 is 10.6 Å². The molecule has 0 saturated heterocycles.